The number of ether oxygens (including phenoxy) is 1. The van der Waals surface area contributed by atoms with E-state index >= 15 is 0 Å². The van der Waals surface area contributed by atoms with E-state index < -0.39 is 12.0 Å². The summed E-state index contributed by atoms with van der Waals surface area (Å²) < 4.78 is 5.48. The molecule has 1 aromatic rings. The number of unbranched alkanes of at least 4 members (excludes halogenated alkanes) is 1. The number of piperidine rings is 1. The lowest BCUT2D eigenvalue weighted by Gasteiger charge is -2.31. The Hall–Kier alpha value is -2.57. The minimum atomic E-state index is -0.998. The summed E-state index contributed by atoms with van der Waals surface area (Å²) in [6, 6.07) is 8.31. The Balaban J connectivity index is 1.75. The summed E-state index contributed by atoms with van der Waals surface area (Å²) in [5, 5.41) is 11.9. The maximum Gasteiger partial charge on any atom is 0.326 e. The lowest BCUT2D eigenvalue weighted by atomic mass is 9.95. The molecule has 148 valence electrons. The third-order valence-electron chi connectivity index (χ3n) is 4.78. The van der Waals surface area contributed by atoms with E-state index in [0.717, 1.165) is 12.8 Å². The van der Waals surface area contributed by atoms with Crippen molar-refractivity contribution in [3.05, 3.63) is 30.3 Å². The molecule has 7 heteroatoms. The number of nitrogens with one attached hydrogen (secondary N) is 1. The highest BCUT2D eigenvalue weighted by atomic mass is 16.5. The number of aliphatic carboxylic acids is 1. The van der Waals surface area contributed by atoms with Crippen molar-refractivity contribution >= 4 is 17.8 Å². The standard InChI is InChI=1S/C20H28N2O5/c1-2-3-9-17(20(25)26)21-19(24)15-10-12-22(13-11-15)18(23)14-27-16-7-5-4-6-8-16/h4-8,15,17H,2-3,9-14H2,1H3,(H,21,24)(H,25,26). The van der Waals surface area contributed by atoms with Gasteiger partial charge in [-0.15, -0.1) is 0 Å². The summed E-state index contributed by atoms with van der Waals surface area (Å²) in [7, 11) is 0. The van der Waals surface area contributed by atoms with Crippen LogP contribution in [0.2, 0.25) is 0 Å². The monoisotopic (exact) mass is 376 g/mol. The smallest absolute Gasteiger partial charge is 0.326 e. The molecule has 1 fully saturated rings. The number of nitrogens with zero attached hydrogens (tertiary/aromatic N) is 1. The van der Waals surface area contributed by atoms with Crippen molar-refractivity contribution in [2.45, 2.75) is 45.1 Å². The van der Waals surface area contributed by atoms with E-state index in [1.54, 1.807) is 17.0 Å². The van der Waals surface area contributed by atoms with Gasteiger partial charge >= 0.3 is 5.97 Å². The number of hydrogen-bond donors (Lipinski definition) is 2. The predicted octanol–water partition coefficient (Wildman–Crippen LogP) is 2.06. The van der Waals surface area contributed by atoms with Crippen LogP contribution in [0, 0.1) is 5.92 Å². The topological polar surface area (TPSA) is 95.9 Å². The summed E-state index contributed by atoms with van der Waals surface area (Å²) in [6.45, 7) is 2.90. The summed E-state index contributed by atoms with van der Waals surface area (Å²) in [5.74, 6) is -0.947. The summed E-state index contributed by atoms with van der Waals surface area (Å²) in [6.07, 6.45) is 3.13. The number of carbonyl (C=O) groups excluding carboxylic acids is 2. The molecule has 1 aliphatic heterocycles. The van der Waals surface area contributed by atoms with E-state index in [4.69, 9.17) is 4.74 Å². The van der Waals surface area contributed by atoms with Crippen LogP contribution in [-0.2, 0) is 14.4 Å². The van der Waals surface area contributed by atoms with Crippen molar-refractivity contribution in [1.29, 1.82) is 0 Å². The van der Waals surface area contributed by atoms with Gasteiger partial charge in [-0.05, 0) is 31.4 Å². The number of carbonyl (C=O) groups is 3. The summed E-state index contributed by atoms with van der Waals surface area (Å²) in [4.78, 5) is 37.6. The fourth-order valence-electron chi connectivity index (χ4n) is 3.10. The number of carboxylic acids is 1. The lowest BCUT2D eigenvalue weighted by molar-refractivity contribution is -0.143. The maximum absolute atomic E-state index is 12.4. The fourth-order valence-corrected chi connectivity index (χ4v) is 3.10. The van der Waals surface area contributed by atoms with Crippen LogP contribution in [0.15, 0.2) is 30.3 Å². The van der Waals surface area contributed by atoms with Gasteiger partial charge in [-0.25, -0.2) is 4.79 Å². The third-order valence-corrected chi connectivity index (χ3v) is 4.78. The molecule has 27 heavy (non-hydrogen) atoms. The molecule has 1 saturated heterocycles. The molecule has 1 unspecified atom stereocenters. The lowest BCUT2D eigenvalue weighted by Crippen LogP contribution is -2.48. The Bertz CT molecular complexity index is 627. The average Bonchev–Trinajstić information content (AvgIpc) is 2.69. The first-order valence-electron chi connectivity index (χ1n) is 9.50. The second-order valence-corrected chi connectivity index (χ2v) is 6.80. The van der Waals surface area contributed by atoms with Crippen LogP contribution in [0.1, 0.15) is 39.0 Å². The Labute approximate surface area is 159 Å². The zero-order valence-electron chi connectivity index (χ0n) is 15.7. The highest BCUT2D eigenvalue weighted by Gasteiger charge is 2.29. The number of carboxylic acid groups (broad SMARTS) is 1. The molecule has 2 amide bonds. The molecule has 0 bridgehead atoms. The zero-order valence-corrected chi connectivity index (χ0v) is 15.7. The second kappa shape index (κ2) is 10.5. The van der Waals surface area contributed by atoms with E-state index in [0.29, 0.717) is 38.1 Å². The van der Waals surface area contributed by atoms with Crippen LogP contribution in [-0.4, -0.2) is 53.5 Å². The molecule has 2 rings (SSSR count). The second-order valence-electron chi connectivity index (χ2n) is 6.80. The van der Waals surface area contributed by atoms with Gasteiger partial charge in [0.25, 0.3) is 5.91 Å². The van der Waals surface area contributed by atoms with Crippen LogP contribution < -0.4 is 10.1 Å². The first-order valence-corrected chi connectivity index (χ1v) is 9.50. The van der Waals surface area contributed by atoms with Gasteiger partial charge in [0.05, 0.1) is 0 Å². The Kier molecular flexibility index (Phi) is 8.10. The number of benzene rings is 1. The molecule has 0 spiro atoms. The Morgan fingerprint density at radius 1 is 1.22 bits per heavy atom. The van der Waals surface area contributed by atoms with Crippen molar-refractivity contribution in [1.82, 2.24) is 10.2 Å². The van der Waals surface area contributed by atoms with Gasteiger partial charge in [0, 0.05) is 19.0 Å². The number of amides is 2. The molecule has 0 aromatic heterocycles. The molecule has 0 radical (unpaired) electrons. The number of para-hydroxylation sites is 1. The first kappa shape index (κ1) is 20.7. The highest BCUT2D eigenvalue weighted by molar-refractivity contribution is 5.85. The number of rotatable bonds is 9. The van der Waals surface area contributed by atoms with E-state index in [9.17, 15) is 19.5 Å². The Morgan fingerprint density at radius 2 is 1.89 bits per heavy atom. The number of likely N-dealkylation sites (tertiary alicyclic amines) is 1. The van der Waals surface area contributed by atoms with Gasteiger partial charge in [0.1, 0.15) is 11.8 Å². The minimum absolute atomic E-state index is 0.0288. The first-order chi connectivity index (χ1) is 13.0. The SMILES string of the molecule is CCCCC(NC(=O)C1CCN(C(=O)COc2ccccc2)CC1)C(=O)O. The van der Waals surface area contributed by atoms with Gasteiger partial charge in [-0.3, -0.25) is 9.59 Å². The van der Waals surface area contributed by atoms with Crippen molar-refractivity contribution in [3.63, 3.8) is 0 Å². The van der Waals surface area contributed by atoms with Crippen molar-refractivity contribution < 1.29 is 24.2 Å². The van der Waals surface area contributed by atoms with Crippen molar-refractivity contribution in [2.24, 2.45) is 5.92 Å². The van der Waals surface area contributed by atoms with Crippen LogP contribution in [0.4, 0.5) is 0 Å². The Morgan fingerprint density at radius 3 is 2.48 bits per heavy atom. The number of hydrogen-bond acceptors (Lipinski definition) is 4. The molecular formula is C20H28N2O5. The zero-order chi connectivity index (χ0) is 19.6. The van der Waals surface area contributed by atoms with Crippen LogP contribution in [0.5, 0.6) is 5.75 Å². The minimum Gasteiger partial charge on any atom is -0.484 e. The van der Waals surface area contributed by atoms with Crippen LogP contribution >= 0.6 is 0 Å². The molecule has 0 saturated carbocycles. The van der Waals surface area contributed by atoms with E-state index in [2.05, 4.69) is 5.32 Å². The van der Waals surface area contributed by atoms with Gasteiger partial charge in [0.2, 0.25) is 5.91 Å². The molecule has 2 N–H and O–H groups in total. The van der Waals surface area contributed by atoms with Crippen LogP contribution in [0.25, 0.3) is 0 Å². The molecule has 1 atom stereocenters. The molecular weight excluding hydrogens is 348 g/mol. The molecule has 0 aliphatic carbocycles. The predicted molar refractivity (Wildman–Crippen MR) is 100 cm³/mol. The van der Waals surface area contributed by atoms with Gasteiger partial charge in [-0.1, -0.05) is 38.0 Å². The van der Waals surface area contributed by atoms with Crippen LogP contribution in [0.3, 0.4) is 0 Å². The highest BCUT2D eigenvalue weighted by Crippen LogP contribution is 2.18. The largest absolute Gasteiger partial charge is 0.484 e. The van der Waals surface area contributed by atoms with E-state index in [-0.39, 0.29) is 24.3 Å². The maximum atomic E-state index is 12.4. The van der Waals surface area contributed by atoms with Gasteiger partial charge < -0.3 is 20.1 Å². The van der Waals surface area contributed by atoms with Crippen molar-refractivity contribution in [3.8, 4) is 5.75 Å². The fraction of sp³-hybridized carbons (Fsp3) is 0.550. The average molecular weight is 376 g/mol. The molecule has 1 aromatic carbocycles. The summed E-state index contributed by atoms with van der Waals surface area (Å²) in [5.41, 5.74) is 0. The molecule has 7 nitrogen and oxygen atoms in total. The summed E-state index contributed by atoms with van der Waals surface area (Å²) >= 11 is 0. The molecule has 1 aliphatic rings. The van der Waals surface area contributed by atoms with Gasteiger partial charge in [0.15, 0.2) is 6.61 Å². The normalized spacial score (nSPS) is 15.8. The van der Waals surface area contributed by atoms with Crippen molar-refractivity contribution in [2.75, 3.05) is 19.7 Å². The van der Waals surface area contributed by atoms with Gasteiger partial charge in [-0.2, -0.15) is 0 Å². The quantitative estimate of drug-likeness (QED) is 0.688. The van der Waals surface area contributed by atoms with E-state index in [1.807, 2.05) is 25.1 Å². The molecule has 1 heterocycles. The third kappa shape index (κ3) is 6.58. The van der Waals surface area contributed by atoms with E-state index in [1.165, 1.54) is 0 Å².